The molecule has 2 aliphatic rings. The number of hydrogen-bond acceptors (Lipinski definition) is 4. The zero-order valence-corrected chi connectivity index (χ0v) is 12.9. The van der Waals surface area contributed by atoms with Crippen molar-refractivity contribution in [2.75, 3.05) is 6.54 Å². The Balaban J connectivity index is 1.96. The summed E-state index contributed by atoms with van der Waals surface area (Å²) in [7, 11) is 0. The van der Waals surface area contributed by atoms with Crippen molar-refractivity contribution >= 4 is 17.5 Å². The molecule has 1 amide bonds. The molecule has 0 fully saturated rings. The van der Waals surface area contributed by atoms with Crippen LogP contribution in [-0.2, 0) is 11.3 Å². The van der Waals surface area contributed by atoms with Gasteiger partial charge in [-0.1, -0.05) is 47.0 Å². The van der Waals surface area contributed by atoms with Crippen LogP contribution in [-0.4, -0.2) is 28.9 Å². The highest BCUT2D eigenvalue weighted by Crippen LogP contribution is 2.24. The van der Waals surface area contributed by atoms with E-state index in [1.54, 1.807) is 12.2 Å². The zero-order valence-electron chi connectivity index (χ0n) is 12.2. The number of carbonyl (C=O) groups is 1. The van der Waals surface area contributed by atoms with Crippen LogP contribution in [0.15, 0.2) is 59.1 Å². The second-order valence-corrected chi connectivity index (χ2v) is 5.67. The fourth-order valence-corrected chi connectivity index (χ4v) is 2.81. The number of azide groups is 1. The summed E-state index contributed by atoms with van der Waals surface area (Å²) in [5.41, 5.74) is 9.93. The van der Waals surface area contributed by atoms with E-state index < -0.39 is 6.04 Å². The maximum absolute atomic E-state index is 12.4. The number of alkyl halides is 1. The molecule has 7 nitrogen and oxygen atoms in total. The SMILES string of the molecule is [N-]=[N+]=NC[C@@H]1C(=O)NC2=C(NC(Cl)C=C2)N1Cc1ccccc1. The van der Waals surface area contributed by atoms with E-state index in [0.717, 1.165) is 11.4 Å². The third-order valence-electron chi connectivity index (χ3n) is 3.70. The van der Waals surface area contributed by atoms with Gasteiger partial charge in [0.1, 0.15) is 17.4 Å². The van der Waals surface area contributed by atoms with Crippen LogP contribution in [0, 0.1) is 0 Å². The quantitative estimate of drug-likeness (QED) is 0.291. The second-order valence-electron chi connectivity index (χ2n) is 5.20. The molecule has 1 aromatic carbocycles. The number of dihydropyridines is 1. The summed E-state index contributed by atoms with van der Waals surface area (Å²) >= 11 is 6.14. The molecule has 8 heteroatoms. The van der Waals surface area contributed by atoms with Crippen LogP contribution in [0.1, 0.15) is 5.56 Å². The molecular formula is C15H15ClN6O. The Morgan fingerprint density at radius 3 is 2.87 bits per heavy atom. The molecule has 0 bridgehead atoms. The highest BCUT2D eigenvalue weighted by molar-refractivity contribution is 6.21. The number of carbonyl (C=O) groups excluding carboxylic acids is 1. The van der Waals surface area contributed by atoms with E-state index in [2.05, 4.69) is 20.7 Å². The first-order valence-corrected chi connectivity index (χ1v) is 7.58. The van der Waals surface area contributed by atoms with Gasteiger partial charge in [-0.25, -0.2) is 0 Å². The highest BCUT2D eigenvalue weighted by atomic mass is 35.5. The van der Waals surface area contributed by atoms with Gasteiger partial charge in [0.25, 0.3) is 0 Å². The molecule has 0 radical (unpaired) electrons. The smallest absolute Gasteiger partial charge is 0.247 e. The fourth-order valence-electron chi connectivity index (χ4n) is 2.63. The summed E-state index contributed by atoms with van der Waals surface area (Å²) < 4.78 is 0. The van der Waals surface area contributed by atoms with Crippen molar-refractivity contribution in [3.05, 3.63) is 70.0 Å². The standard InChI is InChI=1S/C15H15ClN6O/c16-13-7-6-11-14(20-13)22(9-10-4-2-1-3-5-10)12(8-18-21-17)15(23)19-11/h1-7,12-13,20H,8-9H2,(H,19,23)/t12-,13?/m1/s1. The van der Waals surface area contributed by atoms with E-state index >= 15 is 0 Å². The van der Waals surface area contributed by atoms with Gasteiger partial charge in [0, 0.05) is 11.5 Å². The molecule has 1 unspecified atom stereocenters. The maximum Gasteiger partial charge on any atom is 0.247 e. The first kappa shape index (κ1) is 15.3. The number of allylic oxidation sites excluding steroid dienone is 1. The van der Waals surface area contributed by atoms with Crippen molar-refractivity contribution < 1.29 is 4.79 Å². The van der Waals surface area contributed by atoms with Gasteiger partial charge in [-0.15, -0.1) is 0 Å². The van der Waals surface area contributed by atoms with Crippen molar-refractivity contribution in [3.8, 4) is 0 Å². The minimum Gasteiger partial charge on any atom is -0.351 e. The molecule has 118 valence electrons. The summed E-state index contributed by atoms with van der Waals surface area (Å²) in [6.45, 7) is 0.549. The predicted molar refractivity (Wildman–Crippen MR) is 86.9 cm³/mol. The van der Waals surface area contributed by atoms with Crippen LogP contribution in [0.5, 0.6) is 0 Å². The van der Waals surface area contributed by atoms with Crippen molar-refractivity contribution in [1.29, 1.82) is 0 Å². The van der Waals surface area contributed by atoms with Gasteiger partial charge in [0.15, 0.2) is 0 Å². The normalized spacial score (nSPS) is 22.8. The number of nitrogens with one attached hydrogen (secondary N) is 2. The number of amides is 1. The van der Waals surface area contributed by atoms with Crippen molar-refractivity contribution in [2.24, 2.45) is 5.11 Å². The van der Waals surface area contributed by atoms with E-state index in [4.69, 9.17) is 17.1 Å². The Hall–Kier alpha value is -2.63. The molecule has 2 heterocycles. The van der Waals surface area contributed by atoms with E-state index in [1.807, 2.05) is 35.2 Å². The van der Waals surface area contributed by atoms with Gasteiger partial charge in [-0.05, 0) is 23.2 Å². The number of nitrogens with zero attached hydrogens (tertiary/aromatic N) is 4. The number of halogens is 1. The molecule has 2 N–H and O–H groups in total. The first-order chi connectivity index (χ1) is 11.2. The second kappa shape index (κ2) is 6.64. The Morgan fingerprint density at radius 2 is 2.13 bits per heavy atom. The highest BCUT2D eigenvalue weighted by Gasteiger charge is 2.35. The fraction of sp³-hybridized carbons (Fsp3) is 0.267. The van der Waals surface area contributed by atoms with Crippen molar-refractivity contribution in [1.82, 2.24) is 15.5 Å². The lowest BCUT2D eigenvalue weighted by Gasteiger charge is -2.41. The van der Waals surface area contributed by atoms with Crippen LogP contribution >= 0.6 is 11.6 Å². The number of rotatable bonds is 4. The lowest BCUT2D eigenvalue weighted by molar-refractivity contribution is -0.126. The largest absolute Gasteiger partial charge is 0.351 e. The van der Waals surface area contributed by atoms with Gasteiger partial charge in [-0.3, -0.25) is 4.79 Å². The summed E-state index contributed by atoms with van der Waals surface area (Å²) in [6, 6.07) is 9.19. The molecule has 1 aromatic rings. The predicted octanol–water partition coefficient (Wildman–Crippen LogP) is 2.19. The molecule has 0 spiro atoms. The average Bonchev–Trinajstić information content (AvgIpc) is 2.56. The van der Waals surface area contributed by atoms with Gasteiger partial charge >= 0.3 is 0 Å². The first-order valence-electron chi connectivity index (χ1n) is 7.14. The lowest BCUT2D eigenvalue weighted by atomic mass is 10.1. The molecule has 0 aromatic heterocycles. The van der Waals surface area contributed by atoms with Gasteiger partial charge in [-0.2, -0.15) is 0 Å². The lowest BCUT2D eigenvalue weighted by Crippen LogP contribution is -2.56. The van der Waals surface area contributed by atoms with E-state index in [1.165, 1.54) is 0 Å². The molecule has 0 saturated carbocycles. The average molecular weight is 331 g/mol. The zero-order chi connectivity index (χ0) is 16.2. The van der Waals surface area contributed by atoms with Crippen LogP contribution in [0.4, 0.5) is 0 Å². The van der Waals surface area contributed by atoms with E-state index in [9.17, 15) is 4.79 Å². The maximum atomic E-state index is 12.4. The minimum atomic E-state index is -0.590. The Kier molecular flexibility index (Phi) is 4.41. The monoisotopic (exact) mass is 330 g/mol. The Bertz CT molecular complexity index is 710. The van der Waals surface area contributed by atoms with E-state index in [0.29, 0.717) is 12.2 Å². The van der Waals surface area contributed by atoms with E-state index in [-0.39, 0.29) is 18.0 Å². The summed E-state index contributed by atoms with van der Waals surface area (Å²) in [6.07, 6.45) is 3.54. The van der Waals surface area contributed by atoms with Crippen LogP contribution < -0.4 is 10.6 Å². The minimum absolute atomic E-state index is 0.0459. The van der Waals surface area contributed by atoms with Crippen LogP contribution in [0.2, 0.25) is 0 Å². The van der Waals surface area contributed by atoms with Crippen LogP contribution in [0.3, 0.4) is 0 Å². The number of hydrogen-bond donors (Lipinski definition) is 2. The molecule has 0 aliphatic carbocycles. The molecule has 0 saturated heterocycles. The molecule has 23 heavy (non-hydrogen) atoms. The summed E-state index contributed by atoms with van der Waals surface area (Å²) in [5, 5.41) is 9.54. The van der Waals surface area contributed by atoms with Gasteiger partial charge in [0.2, 0.25) is 5.91 Å². The Labute approximate surface area is 138 Å². The molecule has 2 aliphatic heterocycles. The van der Waals surface area contributed by atoms with Gasteiger partial charge < -0.3 is 15.5 Å². The molecule has 3 rings (SSSR count). The van der Waals surface area contributed by atoms with Crippen molar-refractivity contribution in [3.63, 3.8) is 0 Å². The number of benzene rings is 1. The Morgan fingerprint density at radius 1 is 1.35 bits per heavy atom. The molecular weight excluding hydrogens is 316 g/mol. The third-order valence-corrected chi connectivity index (χ3v) is 3.95. The van der Waals surface area contributed by atoms with Gasteiger partial charge in [0.05, 0.1) is 12.2 Å². The topological polar surface area (TPSA) is 93.1 Å². The summed E-state index contributed by atoms with van der Waals surface area (Å²) in [5.74, 6) is 0.528. The third kappa shape index (κ3) is 3.26. The molecule has 2 atom stereocenters. The van der Waals surface area contributed by atoms with Crippen LogP contribution in [0.25, 0.3) is 10.4 Å². The summed E-state index contributed by atoms with van der Waals surface area (Å²) in [4.78, 5) is 17.0. The van der Waals surface area contributed by atoms with Crippen molar-refractivity contribution in [2.45, 2.75) is 18.1 Å².